The second-order valence-corrected chi connectivity index (χ2v) is 7.02. The maximum absolute atomic E-state index is 13.6. The van der Waals surface area contributed by atoms with Crippen LogP contribution in [-0.4, -0.2) is 30.9 Å². The minimum atomic E-state index is -4.88. The van der Waals surface area contributed by atoms with E-state index in [0.717, 1.165) is 24.4 Å². The van der Waals surface area contributed by atoms with Crippen molar-refractivity contribution in [2.24, 2.45) is 4.99 Å². The summed E-state index contributed by atoms with van der Waals surface area (Å²) in [5.74, 6) is -1.92. The molecule has 1 aliphatic rings. The van der Waals surface area contributed by atoms with Gasteiger partial charge in [0.05, 0.1) is 18.4 Å². The first-order chi connectivity index (χ1) is 16.3. The van der Waals surface area contributed by atoms with Crippen molar-refractivity contribution in [2.45, 2.75) is 12.3 Å². The number of benzene rings is 2. The summed E-state index contributed by atoms with van der Waals surface area (Å²) >= 11 is 0. The molecular weight excluding hydrogens is 458 g/mol. The van der Waals surface area contributed by atoms with Gasteiger partial charge in [0, 0.05) is 18.5 Å². The summed E-state index contributed by atoms with van der Waals surface area (Å²) in [7, 11) is 1.26. The summed E-state index contributed by atoms with van der Waals surface area (Å²) in [5, 5.41) is 0.662. The summed E-state index contributed by atoms with van der Waals surface area (Å²) in [6, 6.07) is 11.7. The van der Waals surface area contributed by atoms with Crippen LogP contribution in [0.25, 0.3) is 0 Å². The number of amides is 1. The van der Waals surface area contributed by atoms with Gasteiger partial charge in [-0.05, 0) is 42.0 Å². The number of ether oxygens (including phenoxy) is 2. The number of hydrogen-bond acceptors (Lipinski definition) is 6. The molecular formula is C23H17F4N3O4. The minimum Gasteiger partial charge on any atom is -0.493 e. The second-order valence-electron chi connectivity index (χ2n) is 7.02. The third-order valence-corrected chi connectivity index (χ3v) is 4.83. The van der Waals surface area contributed by atoms with Crippen molar-refractivity contribution >= 4 is 17.8 Å². The smallest absolute Gasteiger partial charge is 0.434 e. The quantitative estimate of drug-likeness (QED) is 0.371. The highest BCUT2D eigenvalue weighted by Gasteiger charge is 2.39. The van der Waals surface area contributed by atoms with Crippen LogP contribution in [0.1, 0.15) is 27.7 Å². The minimum absolute atomic E-state index is 0.0628. The van der Waals surface area contributed by atoms with E-state index in [2.05, 4.69) is 9.98 Å². The lowest BCUT2D eigenvalue weighted by Gasteiger charge is -2.25. The molecule has 1 amide bonds. The monoisotopic (exact) mass is 475 g/mol. The molecule has 176 valence electrons. The molecule has 1 aliphatic heterocycles. The third kappa shape index (κ3) is 4.84. The summed E-state index contributed by atoms with van der Waals surface area (Å²) in [6.45, 7) is 0.214. The molecule has 0 N–H and O–H groups in total. The molecule has 2 heterocycles. The van der Waals surface area contributed by atoms with E-state index in [1.807, 2.05) is 0 Å². The largest absolute Gasteiger partial charge is 0.493 e. The maximum Gasteiger partial charge on any atom is 0.434 e. The Bertz CT molecular complexity index is 1220. The van der Waals surface area contributed by atoms with Crippen molar-refractivity contribution in [2.75, 3.05) is 18.9 Å². The molecule has 3 aromatic rings. The number of anilines is 1. The number of aromatic nitrogens is 1. The van der Waals surface area contributed by atoms with Gasteiger partial charge < -0.3 is 14.3 Å². The zero-order chi connectivity index (χ0) is 24.3. The van der Waals surface area contributed by atoms with E-state index in [9.17, 15) is 22.4 Å². The van der Waals surface area contributed by atoms with Crippen LogP contribution in [0.3, 0.4) is 0 Å². The van der Waals surface area contributed by atoms with E-state index in [4.69, 9.17) is 14.3 Å². The molecule has 0 saturated carbocycles. The zero-order valence-electron chi connectivity index (χ0n) is 17.6. The number of carbonyl (C=O) groups is 1. The third-order valence-electron chi connectivity index (χ3n) is 4.83. The lowest BCUT2D eigenvalue weighted by atomic mass is 10.1. The number of hydroxylamine groups is 1. The van der Waals surface area contributed by atoms with Crippen LogP contribution in [-0.2, 0) is 10.9 Å². The Morgan fingerprint density at radius 1 is 1.12 bits per heavy atom. The van der Waals surface area contributed by atoms with Crippen molar-refractivity contribution in [1.29, 1.82) is 0 Å². The molecule has 4 rings (SSSR count). The molecule has 0 spiro atoms. The fourth-order valence-electron chi connectivity index (χ4n) is 3.23. The lowest BCUT2D eigenvalue weighted by Crippen LogP contribution is -2.36. The Kier molecular flexibility index (Phi) is 6.46. The van der Waals surface area contributed by atoms with E-state index in [1.165, 1.54) is 31.4 Å². The van der Waals surface area contributed by atoms with E-state index >= 15 is 0 Å². The fraction of sp³-hybridized carbons (Fsp3) is 0.174. The number of methoxy groups -OCH3 is 1. The highest BCUT2D eigenvalue weighted by molar-refractivity contribution is 6.05. The van der Waals surface area contributed by atoms with E-state index in [-0.39, 0.29) is 30.0 Å². The highest BCUT2D eigenvalue weighted by atomic mass is 19.4. The standard InChI is InChI=1S/C23H17F4N3O4/c1-32-19-11-15(24)6-9-18(19)34-30(16-7-4-14(5-8-16)20-12-28-13-33-20)22(31)17-3-2-10-29-21(17)23(25,26)27/h2-12,20H,13H2,1H3. The van der Waals surface area contributed by atoms with Crippen LogP contribution in [0.5, 0.6) is 11.5 Å². The summed E-state index contributed by atoms with van der Waals surface area (Å²) in [5.41, 5.74) is -1.28. The van der Waals surface area contributed by atoms with Crippen molar-refractivity contribution in [3.8, 4) is 11.5 Å². The van der Waals surface area contributed by atoms with E-state index in [0.29, 0.717) is 10.6 Å². The van der Waals surface area contributed by atoms with Crippen molar-refractivity contribution < 1.29 is 36.7 Å². The first-order valence-electron chi connectivity index (χ1n) is 9.87. The number of rotatable bonds is 6. The molecule has 2 aromatic carbocycles. The molecule has 1 atom stereocenters. The molecule has 1 aromatic heterocycles. The molecule has 11 heteroatoms. The number of nitrogens with zero attached hydrogens (tertiary/aromatic N) is 3. The molecule has 34 heavy (non-hydrogen) atoms. The predicted octanol–water partition coefficient (Wildman–Crippen LogP) is 4.99. The van der Waals surface area contributed by atoms with E-state index in [1.54, 1.807) is 18.3 Å². The van der Waals surface area contributed by atoms with E-state index < -0.39 is 29.2 Å². The molecule has 0 fully saturated rings. The molecule has 0 bridgehead atoms. The van der Waals surface area contributed by atoms with Gasteiger partial charge in [-0.3, -0.25) is 14.8 Å². The van der Waals surface area contributed by atoms with Crippen LogP contribution in [0.2, 0.25) is 0 Å². The van der Waals surface area contributed by atoms with Crippen molar-refractivity contribution in [3.05, 3.63) is 83.4 Å². The Labute approximate surface area is 191 Å². The SMILES string of the molecule is COc1cc(F)ccc1ON(C(=O)c1cccnc1C(F)(F)F)c1ccc(C2C=NCO2)cc1. The Morgan fingerprint density at radius 2 is 1.88 bits per heavy atom. The predicted molar refractivity (Wildman–Crippen MR) is 113 cm³/mol. The van der Waals surface area contributed by atoms with Crippen LogP contribution in [0.4, 0.5) is 23.2 Å². The Hall–Kier alpha value is -3.99. The number of halogens is 4. The molecule has 0 aliphatic carbocycles. The molecule has 0 saturated heterocycles. The number of pyridine rings is 1. The van der Waals surface area contributed by atoms with Gasteiger partial charge in [0.1, 0.15) is 18.7 Å². The summed E-state index contributed by atoms with van der Waals surface area (Å²) in [6.07, 6.45) is -2.71. The number of alkyl halides is 3. The molecule has 1 unspecified atom stereocenters. The number of carbonyl (C=O) groups excluding carboxylic acids is 1. The van der Waals surface area contributed by atoms with Gasteiger partial charge in [-0.15, -0.1) is 5.06 Å². The van der Waals surface area contributed by atoms with Crippen LogP contribution < -0.4 is 14.6 Å². The van der Waals surface area contributed by atoms with Gasteiger partial charge in [-0.1, -0.05) is 12.1 Å². The summed E-state index contributed by atoms with van der Waals surface area (Å²) < 4.78 is 64.7. The molecule has 0 radical (unpaired) electrons. The Morgan fingerprint density at radius 3 is 2.53 bits per heavy atom. The highest BCUT2D eigenvalue weighted by Crippen LogP contribution is 2.34. The molecule has 7 nitrogen and oxygen atoms in total. The summed E-state index contributed by atoms with van der Waals surface area (Å²) in [4.78, 5) is 26.3. The average molecular weight is 475 g/mol. The van der Waals surface area contributed by atoms with Crippen molar-refractivity contribution in [3.63, 3.8) is 0 Å². The van der Waals surface area contributed by atoms with Gasteiger partial charge in [0.15, 0.2) is 17.2 Å². The average Bonchev–Trinajstić information content (AvgIpc) is 3.37. The lowest BCUT2D eigenvalue weighted by molar-refractivity contribution is -0.141. The number of hydrogen-bond donors (Lipinski definition) is 0. The normalized spacial score (nSPS) is 15.3. The van der Waals surface area contributed by atoms with Crippen LogP contribution in [0, 0.1) is 5.82 Å². The van der Waals surface area contributed by atoms with Gasteiger partial charge in [0.25, 0.3) is 5.91 Å². The maximum atomic E-state index is 13.6. The van der Waals surface area contributed by atoms with Gasteiger partial charge in [-0.2, -0.15) is 13.2 Å². The van der Waals surface area contributed by atoms with Crippen LogP contribution in [0.15, 0.2) is 65.8 Å². The number of aliphatic imine (C=N–C) groups is 1. The van der Waals surface area contributed by atoms with Gasteiger partial charge >= 0.3 is 6.18 Å². The fourth-order valence-corrected chi connectivity index (χ4v) is 3.23. The van der Waals surface area contributed by atoms with Gasteiger partial charge in [-0.25, -0.2) is 4.39 Å². The van der Waals surface area contributed by atoms with Crippen molar-refractivity contribution in [1.82, 2.24) is 4.98 Å². The van der Waals surface area contributed by atoms with Crippen LogP contribution >= 0.6 is 0 Å². The first kappa shape index (κ1) is 23.2. The van der Waals surface area contributed by atoms with Gasteiger partial charge in [0.2, 0.25) is 0 Å². The Balaban J connectivity index is 1.76. The first-order valence-corrected chi connectivity index (χ1v) is 9.87. The second kappa shape index (κ2) is 9.48. The zero-order valence-corrected chi connectivity index (χ0v) is 17.6. The topological polar surface area (TPSA) is 73.3 Å².